The Hall–Kier alpha value is -1.95. The lowest BCUT2D eigenvalue weighted by Crippen LogP contribution is -2.14. The predicted octanol–water partition coefficient (Wildman–Crippen LogP) is 3.24. The summed E-state index contributed by atoms with van der Waals surface area (Å²) in [6, 6.07) is 9.19. The van der Waals surface area contributed by atoms with E-state index in [1.165, 1.54) is 25.3 Å². The van der Waals surface area contributed by atoms with E-state index in [-0.39, 0.29) is 5.82 Å². The third kappa shape index (κ3) is 3.29. The van der Waals surface area contributed by atoms with Gasteiger partial charge in [-0.15, -0.1) is 0 Å². The van der Waals surface area contributed by atoms with Gasteiger partial charge in [0.15, 0.2) is 0 Å². The first kappa shape index (κ1) is 13.5. The summed E-state index contributed by atoms with van der Waals surface area (Å²) >= 11 is 3.28. The topological polar surface area (TPSA) is 51.2 Å². The van der Waals surface area contributed by atoms with Crippen molar-refractivity contribution in [2.75, 3.05) is 12.4 Å². The van der Waals surface area contributed by atoms with Crippen LogP contribution in [-0.2, 0) is 0 Å². The SMILES string of the molecule is COc1ccc(Br)c(C(=O)Nc2cccc(F)n2)c1. The van der Waals surface area contributed by atoms with Crippen molar-refractivity contribution in [3.05, 3.63) is 52.4 Å². The summed E-state index contributed by atoms with van der Waals surface area (Å²) in [5, 5.41) is 2.52. The Kier molecular flexibility index (Phi) is 4.11. The van der Waals surface area contributed by atoms with Gasteiger partial charge >= 0.3 is 0 Å². The molecule has 0 bridgehead atoms. The maximum atomic E-state index is 12.9. The number of benzene rings is 1. The molecule has 0 aliphatic heterocycles. The normalized spacial score (nSPS) is 10.1. The highest BCUT2D eigenvalue weighted by atomic mass is 79.9. The lowest BCUT2D eigenvalue weighted by molar-refractivity contribution is 0.102. The number of halogens is 2. The quantitative estimate of drug-likeness (QED) is 0.882. The third-order valence-corrected chi connectivity index (χ3v) is 3.07. The molecule has 1 aromatic carbocycles. The van der Waals surface area contributed by atoms with Crippen molar-refractivity contribution in [2.45, 2.75) is 0 Å². The minimum absolute atomic E-state index is 0.153. The van der Waals surface area contributed by atoms with Crippen molar-refractivity contribution in [2.24, 2.45) is 0 Å². The zero-order valence-corrected chi connectivity index (χ0v) is 11.6. The van der Waals surface area contributed by atoms with E-state index in [4.69, 9.17) is 4.74 Å². The molecule has 2 aromatic rings. The van der Waals surface area contributed by atoms with E-state index in [0.717, 1.165) is 0 Å². The number of hydrogen-bond acceptors (Lipinski definition) is 3. The number of hydrogen-bond donors (Lipinski definition) is 1. The molecule has 1 heterocycles. The predicted molar refractivity (Wildman–Crippen MR) is 72.8 cm³/mol. The molecule has 1 aromatic heterocycles. The Morgan fingerprint density at radius 3 is 2.84 bits per heavy atom. The molecule has 0 saturated carbocycles. The van der Waals surface area contributed by atoms with Gasteiger partial charge in [0.2, 0.25) is 5.95 Å². The number of nitrogens with one attached hydrogen (secondary N) is 1. The van der Waals surface area contributed by atoms with Gasteiger partial charge in [0.1, 0.15) is 11.6 Å². The minimum Gasteiger partial charge on any atom is -0.497 e. The molecule has 2 rings (SSSR count). The molecule has 0 fully saturated rings. The lowest BCUT2D eigenvalue weighted by atomic mass is 10.2. The average molecular weight is 325 g/mol. The van der Waals surface area contributed by atoms with Crippen LogP contribution in [0.25, 0.3) is 0 Å². The number of amides is 1. The molecule has 98 valence electrons. The zero-order valence-electron chi connectivity index (χ0n) is 9.98. The number of ether oxygens (including phenoxy) is 1. The molecule has 1 amide bonds. The summed E-state index contributed by atoms with van der Waals surface area (Å²) in [6.07, 6.45) is 0. The lowest BCUT2D eigenvalue weighted by Gasteiger charge is -2.08. The van der Waals surface area contributed by atoms with E-state index in [1.807, 2.05) is 0 Å². The van der Waals surface area contributed by atoms with Crippen LogP contribution in [0.15, 0.2) is 40.9 Å². The Labute approximate surface area is 117 Å². The first-order chi connectivity index (χ1) is 9.10. The van der Waals surface area contributed by atoms with Crippen LogP contribution in [0.3, 0.4) is 0 Å². The molecule has 0 radical (unpaired) electrons. The van der Waals surface area contributed by atoms with Gasteiger partial charge in [0.05, 0.1) is 12.7 Å². The number of carbonyl (C=O) groups is 1. The summed E-state index contributed by atoms with van der Waals surface area (Å²) < 4.78 is 18.6. The minimum atomic E-state index is -0.650. The summed E-state index contributed by atoms with van der Waals surface area (Å²) in [4.78, 5) is 15.6. The zero-order chi connectivity index (χ0) is 13.8. The highest BCUT2D eigenvalue weighted by Gasteiger charge is 2.12. The van der Waals surface area contributed by atoms with E-state index >= 15 is 0 Å². The molecule has 0 aliphatic carbocycles. The van der Waals surface area contributed by atoms with Crippen LogP contribution in [0, 0.1) is 5.95 Å². The summed E-state index contributed by atoms with van der Waals surface area (Å²) in [7, 11) is 1.51. The molecule has 0 aliphatic rings. The van der Waals surface area contributed by atoms with E-state index in [1.54, 1.807) is 18.2 Å². The summed E-state index contributed by atoms with van der Waals surface area (Å²) in [5.74, 6) is -0.341. The van der Waals surface area contributed by atoms with Crippen LogP contribution in [0.4, 0.5) is 10.2 Å². The molecular weight excluding hydrogens is 315 g/mol. The Balaban J connectivity index is 2.25. The van der Waals surface area contributed by atoms with Crippen molar-refractivity contribution < 1.29 is 13.9 Å². The fraction of sp³-hybridized carbons (Fsp3) is 0.0769. The van der Waals surface area contributed by atoms with Crippen molar-refractivity contribution in [3.8, 4) is 5.75 Å². The molecule has 6 heteroatoms. The summed E-state index contributed by atoms with van der Waals surface area (Å²) in [5.41, 5.74) is 0.380. The van der Waals surface area contributed by atoms with Gasteiger partial charge in [-0.2, -0.15) is 4.39 Å². The molecule has 0 saturated heterocycles. The van der Waals surface area contributed by atoms with Crippen LogP contribution in [0.1, 0.15) is 10.4 Å². The average Bonchev–Trinajstić information content (AvgIpc) is 2.39. The summed E-state index contributed by atoms with van der Waals surface area (Å²) in [6.45, 7) is 0. The molecule has 1 N–H and O–H groups in total. The van der Waals surface area contributed by atoms with E-state index in [0.29, 0.717) is 15.8 Å². The molecular formula is C13H10BrFN2O2. The Morgan fingerprint density at radius 2 is 2.16 bits per heavy atom. The molecule has 0 spiro atoms. The number of aromatic nitrogens is 1. The second kappa shape index (κ2) is 5.79. The third-order valence-electron chi connectivity index (χ3n) is 2.37. The van der Waals surface area contributed by atoms with Gasteiger partial charge in [0, 0.05) is 4.47 Å². The number of methoxy groups -OCH3 is 1. The maximum absolute atomic E-state index is 12.9. The fourth-order valence-corrected chi connectivity index (χ4v) is 1.89. The number of carbonyl (C=O) groups excluding carboxylic acids is 1. The van der Waals surface area contributed by atoms with Crippen molar-refractivity contribution in [1.29, 1.82) is 0 Å². The highest BCUT2D eigenvalue weighted by molar-refractivity contribution is 9.10. The fourth-order valence-electron chi connectivity index (χ4n) is 1.47. The van der Waals surface area contributed by atoms with Crippen LogP contribution >= 0.6 is 15.9 Å². The van der Waals surface area contributed by atoms with Crippen molar-refractivity contribution >= 4 is 27.7 Å². The Morgan fingerprint density at radius 1 is 1.37 bits per heavy atom. The van der Waals surface area contributed by atoms with Crippen molar-refractivity contribution in [1.82, 2.24) is 4.98 Å². The number of rotatable bonds is 3. The highest BCUT2D eigenvalue weighted by Crippen LogP contribution is 2.23. The van der Waals surface area contributed by atoms with Gasteiger partial charge in [-0.25, -0.2) is 4.98 Å². The largest absolute Gasteiger partial charge is 0.497 e. The van der Waals surface area contributed by atoms with E-state index in [2.05, 4.69) is 26.2 Å². The number of pyridine rings is 1. The van der Waals surface area contributed by atoms with Gasteiger partial charge in [-0.1, -0.05) is 6.07 Å². The van der Waals surface area contributed by atoms with Crippen LogP contribution in [0.5, 0.6) is 5.75 Å². The smallest absolute Gasteiger partial charge is 0.258 e. The van der Waals surface area contributed by atoms with Crippen LogP contribution in [0.2, 0.25) is 0 Å². The first-order valence-electron chi connectivity index (χ1n) is 5.37. The standard InChI is InChI=1S/C13H10BrFN2O2/c1-19-8-5-6-10(14)9(7-8)13(18)17-12-4-2-3-11(15)16-12/h2-7H,1H3,(H,16,17,18). The Bertz CT molecular complexity index is 619. The molecule has 4 nitrogen and oxygen atoms in total. The second-order valence-electron chi connectivity index (χ2n) is 3.65. The first-order valence-corrected chi connectivity index (χ1v) is 6.17. The van der Waals surface area contributed by atoms with Gasteiger partial charge in [-0.3, -0.25) is 4.79 Å². The molecule has 19 heavy (non-hydrogen) atoms. The van der Waals surface area contributed by atoms with Crippen LogP contribution in [-0.4, -0.2) is 18.0 Å². The van der Waals surface area contributed by atoms with E-state index < -0.39 is 11.9 Å². The van der Waals surface area contributed by atoms with Gasteiger partial charge in [0.25, 0.3) is 5.91 Å². The molecule has 0 atom stereocenters. The van der Waals surface area contributed by atoms with Gasteiger partial charge < -0.3 is 10.1 Å². The van der Waals surface area contributed by atoms with Crippen molar-refractivity contribution in [3.63, 3.8) is 0 Å². The van der Waals surface area contributed by atoms with E-state index in [9.17, 15) is 9.18 Å². The number of nitrogens with zero attached hydrogens (tertiary/aromatic N) is 1. The van der Waals surface area contributed by atoms with Gasteiger partial charge in [-0.05, 0) is 46.3 Å². The number of anilines is 1. The monoisotopic (exact) mass is 324 g/mol. The second-order valence-corrected chi connectivity index (χ2v) is 4.50. The maximum Gasteiger partial charge on any atom is 0.258 e. The van der Waals surface area contributed by atoms with Crippen LogP contribution < -0.4 is 10.1 Å². The molecule has 0 unspecified atom stereocenters.